The Balaban J connectivity index is 1.61. The van der Waals surface area contributed by atoms with Crippen LogP contribution in [0.5, 0.6) is 0 Å². The van der Waals surface area contributed by atoms with Crippen LogP contribution in [-0.4, -0.2) is 24.0 Å². The molecule has 0 aromatic heterocycles. The Morgan fingerprint density at radius 3 is 2.62 bits per heavy atom. The number of piperidine rings is 1. The lowest BCUT2D eigenvalue weighted by atomic mass is 9.75. The maximum atomic E-state index is 12.5. The molecule has 0 spiro atoms. The van der Waals surface area contributed by atoms with Gasteiger partial charge in [0.15, 0.2) is 0 Å². The monoisotopic (exact) mass is 286 g/mol. The smallest absolute Gasteiger partial charge is 0.321 e. The molecule has 1 N–H and O–H groups in total. The number of rotatable bonds is 1. The zero-order valence-electron chi connectivity index (χ0n) is 13.2. The van der Waals surface area contributed by atoms with Crippen molar-refractivity contribution < 1.29 is 4.79 Å². The number of likely N-dealkylation sites (tertiary alicyclic amines) is 1. The zero-order valence-corrected chi connectivity index (χ0v) is 13.2. The Morgan fingerprint density at radius 2 is 1.86 bits per heavy atom. The van der Waals surface area contributed by atoms with Crippen LogP contribution in [0.2, 0.25) is 0 Å². The second kappa shape index (κ2) is 6.08. The highest BCUT2D eigenvalue weighted by molar-refractivity contribution is 5.89. The molecule has 1 saturated heterocycles. The summed E-state index contributed by atoms with van der Waals surface area (Å²) in [5.41, 5.74) is 3.39. The minimum absolute atomic E-state index is 0.0716. The summed E-state index contributed by atoms with van der Waals surface area (Å²) in [4.78, 5) is 14.5. The fraction of sp³-hybridized carbons (Fsp3) is 0.611. The van der Waals surface area contributed by atoms with E-state index in [0.29, 0.717) is 0 Å². The largest absolute Gasteiger partial charge is 0.324 e. The van der Waals surface area contributed by atoms with E-state index in [0.717, 1.165) is 30.6 Å². The number of hydrogen-bond donors (Lipinski definition) is 1. The van der Waals surface area contributed by atoms with E-state index in [1.165, 1.54) is 43.2 Å². The fourth-order valence-electron chi connectivity index (χ4n) is 3.81. The maximum absolute atomic E-state index is 12.5. The van der Waals surface area contributed by atoms with Crippen molar-refractivity contribution in [1.29, 1.82) is 0 Å². The molecule has 0 radical (unpaired) electrons. The number of amides is 2. The molecule has 2 fully saturated rings. The Hall–Kier alpha value is -1.51. The molecule has 0 bridgehead atoms. The quantitative estimate of drug-likeness (QED) is 0.818. The number of anilines is 1. The standard InChI is InChI=1S/C18H26N2O/c1-13-7-8-17(11-14(13)2)19-18(21)20-10-9-15-5-3-4-6-16(15)12-20/h7-8,11,15-16H,3-6,9-10,12H2,1-2H3,(H,19,21). The van der Waals surface area contributed by atoms with Gasteiger partial charge in [-0.2, -0.15) is 0 Å². The third kappa shape index (κ3) is 3.22. The van der Waals surface area contributed by atoms with Crippen molar-refractivity contribution in [3.63, 3.8) is 0 Å². The minimum Gasteiger partial charge on any atom is -0.324 e. The van der Waals surface area contributed by atoms with Crippen molar-refractivity contribution in [3.8, 4) is 0 Å². The SMILES string of the molecule is Cc1ccc(NC(=O)N2CCC3CCCCC3C2)cc1C. The van der Waals surface area contributed by atoms with E-state index in [1.807, 2.05) is 11.0 Å². The second-order valence-electron chi connectivity index (χ2n) is 6.77. The number of urea groups is 1. The van der Waals surface area contributed by atoms with Crippen LogP contribution in [0.4, 0.5) is 10.5 Å². The van der Waals surface area contributed by atoms with Gasteiger partial charge in [-0.05, 0) is 61.8 Å². The number of hydrogen-bond acceptors (Lipinski definition) is 1. The van der Waals surface area contributed by atoms with Crippen LogP contribution >= 0.6 is 0 Å². The van der Waals surface area contributed by atoms with Crippen LogP contribution in [0.1, 0.15) is 43.2 Å². The van der Waals surface area contributed by atoms with Gasteiger partial charge in [-0.3, -0.25) is 0 Å². The second-order valence-corrected chi connectivity index (χ2v) is 6.77. The Kier molecular flexibility index (Phi) is 4.18. The molecular formula is C18H26N2O. The number of carbonyl (C=O) groups excluding carboxylic acids is 1. The Labute approximate surface area is 127 Å². The van der Waals surface area contributed by atoms with Gasteiger partial charge in [-0.25, -0.2) is 4.79 Å². The highest BCUT2D eigenvalue weighted by Crippen LogP contribution is 2.36. The molecule has 1 heterocycles. The van der Waals surface area contributed by atoms with Crippen LogP contribution in [0.25, 0.3) is 0 Å². The van der Waals surface area contributed by atoms with Gasteiger partial charge in [0.25, 0.3) is 0 Å². The van der Waals surface area contributed by atoms with Gasteiger partial charge in [-0.15, -0.1) is 0 Å². The molecule has 1 aliphatic heterocycles. The van der Waals surface area contributed by atoms with E-state index in [1.54, 1.807) is 0 Å². The van der Waals surface area contributed by atoms with Crippen LogP contribution in [0.15, 0.2) is 18.2 Å². The first-order valence-corrected chi connectivity index (χ1v) is 8.26. The molecule has 2 amide bonds. The molecule has 2 atom stereocenters. The highest BCUT2D eigenvalue weighted by atomic mass is 16.2. The molecule has 114 valence electrons. The van der Waals surface area contributed by atoms with E-state index < -0.39 is 0 Å². The lowest BCUT2D eigenvalue weighted by molar-refractivity contribution is 0.108. The molecule has 2 unspecified atom stereocenters. The molecule has 3 heteroatoms. The molecule has 21 heavy (non-hydrogen) atoms. The predicted molar refractivity (Wildman–Crippen MR) is 86.6 cm³/mol. The first kappa shape index (κ1) is 14.4. The molecule has 1 saturated carbocycles. The first-order valence-electron chi connectivity index (χ1n) is 8.26. The number of carbonyl (C=O) groups is 1. The maximum Gasteiger partial charge on any atom is 0.321 e. The normalized spacial score (nSPS) is 25.3. The van der Waals surface area contributed by atoms with E-state index in [2.05, 4.69) is 31.3 Å². The summed E-state index contributed by atoms with van der Waals surface area (Å²) in [5.74, 6) is 1.60. The number of nitrogens with one attached hydrogen (secondary N) is 1. The van der Waals surface area contributed by atoms with Gasteiger partial charge < -0.3 is 10.2 Å². The van der Waals surface area contributed by atoms with Crippen molar-refractivity contribution in [2.75, 3.05) is 18.4 Å². The molecule has 1 aromatic carbocycles. The summed E-state index contributed by atoms with van der Waals surface area (Å²) in [6.45, 7) is 6.03. The van der Waals surface area contributed by atoms with E-state index >= 15 is 0 Å². The van der Waals surface area contributed by atoms with Gasteiger partial charge in [0.2, 0.25) is 0 Å². The summed E-state index contributed by atoms with van der Waals surface area (Å²) in [6, 6.07) is 6.19. The highest BCUT2D eigenvalue weighted by Gasteiger charge is 2.32. The summed E-state index contributed by atoms with van der Waals surface area (Å²) in [6.07, 6.45) is 6.59. The lowest BCUT2D eigenvalue weighted by Crippen LogP contribution is -2.46. The van der Waals surface area contributed by atoms with E-state index in [9.17, 15) is 4.79 Å². The number of fused-ring (bicyclic) bond motifs is 1. The summed E-state index contributed by atoms with van der Waals surface area (Å²) < 4.78 is 0. The van der Waals surface area contributed by atoms with Crippen LogP contribution in [-0.2, 0) is 0 Å². The lowest BCUT2D eigenvalue weighted by Gasteiger charge is -2.41. The summed E-state index contributed by atoms with van der Waals surface area (Å²) in [5, 5.41) is 3.06. The third-order valence-corrected chi connectivity index (χ3v) is 5.34. The van der Waals surface area contributed by atoms with Crippen molar-refractivity contribution in [3.05, 3.63) is 29.3 Å². The third-order valence-electron chi connectivity index (χ3n) is 5.34. The van der Waals surface area contributed by atoms with Crippen molar-refractivity contribution in [2.45, 2.75) is 46.0 Å². The molecule has 3 rings (SSSR count). The van der Waals surface area contributed by atoms with Crippen molar-refractivity contribution in [1.82, 2.24) is 4.90 Å². The number of aryl methyl sites for hydroxylation is 2. The van der Waals surface area contributed by atoms with Gasteiger partial charge >= 0.3 is 6.03 Å². The van der Waals surface area contributed by atoms with Gasteiger partial charge in [0.05, 0.1) is 0 Å². The fourth-order valence-corrected chi connectivity index (χ4v) is 3.81. The van der Waals surface area contributed by atoms with Crippen LogP contribution in [0.3, 0.4) is 0 Å². The first-order chi connectivity index (χ1) is 10.1. The summed E-state index contributed by atoms with van der Waals surface area (Å²) >= 11 is 0. The average molecular weight is 286 g/mol. The molecular weight excluding hydrogens is 260 g/mol. The molecule has 3 nitrogen and oxygen atoms in total. The predicted octanol–water partition coefficient (Wildman–Crippen LogP) is 4.35. The molecule has 2 aliphatic rings. The number of benzene rings is 1. The van der Waals surface area contributed by atoms with Crippen molar-refractivity contribution in [2.24, 2.45) is 11.8 Å². The van der Waals surface area contributed by atoms with Crippen molar-refractivity contribution >= 4 is 11.7 Å². The Bertz CT molecular complexity index is 526. The van der Waals surface area contributed by atoms with Gasteiger partial charge in [0, 0.05) is 18.8 Å². The molecule has 1 aliphatic carbocycles. The van der Waals surface area contributed by atoms with E-state index in [4.69, 9.17) is 0 Å². The minimum atomic E-state index is 0.0716. The molecule has 1 aromatic rings. The topological polar surface area (TPSA) is 32.3 Å². The Morgan fingerprint density at radius 1 is 1.10 bits per heavy atom. The van der Waals surface area contributed by atoms with Crippen LogP contribution < -0.4 is 5.32 Å². The zero-order chi connectivity index (χ0) is 14.8. The number of nitrogens with zero attached hydrogens (tertiary/aromatic N) is 1. The van der Waals surface area contributed by atoms with E-state index in [-0.39, 0.29) is 6.03 Å². The summed E-state index contributed by atoms with van der Waals surface area (Å²) in [7, 11) is 0. The average Bonchev–Trinajstić information content (AvgIpc) is 2.50. The van der Waals surface area contributed by atoms with Crippen LogP contribution in [0, 0.1) is 25.7 Å². The van der Waals surface area contributed by atoms with Gasteiger partial charge in [-0.1, -0.05) is 25.3 Å². The van der Waals surface area contributed by atoms with Gasteiger partial charge in [0.1, 0.15) is 0 Å².